The molecule has 0 aromatic carbocycles. The van der Waals surface area contributed by atoms with E-state index in [1.807, 2.05) is 0 Å². The third kappa shape index (κ3) is 10.9. The minimum atomic E-state index is 0.886. The molecule has 104 valence electrons. The molecule has 0 radical (unpaired) electrons. The number of rotatable bonds is 11. The monoisotopic (exact) mass is 240 g/mol. The first kappa shape index (κ1) is 17.0. The van der Waals surface area contributed by atoms with E-state index in [0.29, 0.717) is 0 Å². The molecule has 2 atom stereocenters. The van der Waals surface area contributed by atoms with Crippen LogP contribution in [0.5, 0.6) is 0 Å². The van der Waals surface area contributed by atoms with Crippen LogP contribution in [0.3, 0.4) is 0 Å². The van der Waals surface area contributed by atoms with Gasteiger partial charge in [-0.1, -0.05) is 92.4 Å². The lowest BCUT2D eigenvalue weighted by atomic mass is 9.89. The molecule has 0 spiro atoms. The van der Waals surface area contributed by atoms with Crippen LogP contribution in [0.4, 0.5) is 0 Å². The maximum Gasteiger partial charge on any atom is -0.0417 e. The van der Waals surface area contributed by atoms with E-state index < -0.39 is 0 Å². The molecule has 0 aliphatic carbocycles. The van der Waals surface area contributed by atoms with Gasteiger partial charge in [-0.2, -0.15) is 0 Å². The molecular formula is C17H36. The lowest BCUT2D eigenvalue weighted by molar-refractivity contribution is 0.364. The highest BCUT2D eigenvalue weighted by molar-refractivity contribution is 4.61. The standard InChI is InChI=1S/C17H36/c1-6-10-16(5)12-9-14-17(7-2)13-8-11-15(3)4/h15-17H,6-14H2,1-5H3. The van der Waals surface area contributed by atoms with E-state index in [-0.39, 0.29) is 0 Å². The largest absolute Gasteiger partial charge is 0.0654 e. The van der Waals surface area contributed by atoms with Crippen LogP contribution in [0, 0.1) is 17.8 Å². The van der Waals surface area contributed by atoms with Gasteiger partial charge in [0.1, 0.15) is 0 Å². The Kier molecular flexibility index (Phi) is 11.1. The summed E-state index contributed by atoms with van der Waals surface area (Å²) in [6.45, 7) is 11.8. The molecule has 0 heteroatoms. The highest BCUT2D eigenvalue weighted by atomic mass is 14.1. The number of hydrogen-bond donors (Lipinski definition) is 0. The van der Waals surface area contributed by atoms with E-state index in [1.54, 1.807) is 0 Å². The molecule has 17 heavy (non-hydrogen) atoms. The maximum atomic E-state index is 2.42. The topological polar surface area (TPSA) is 0 Å². The Balaban J connectivity index is 3.53. The van der Waals surface area contributed by atoms with Gasteiger partial charge < -0.3 is 0 Å². The van der Waals surface area contributed by atoms with Crippen molar-refractivity contribution in [3.8, 4) is 0 Å². The molecule has 0 bridgehead atoms. The molecule has 0 amide bonds. The summed E-state index contributed by atoms with van der Waals surface area (Å²) in [7, 11) is 0. The lowest BCUT2D eigenvalue weighted by Crippen LogP contribution is -2.02. The minimum Gasteiger partial charge on any atom is -0.0654 e. The third-order valence-corrected chi connectivity index (χ3v) is 4.06. The molecule has 2 unspecified atom stereocenters. The average Bonchev–Trinajstić information content (AvgIpc) is 2.27. The summed E-state index contributed by atoms with van der Waals surface area (Å²) in [5.41, 5.74) is 0. The van der Waals surface area contributed by atoms with Gasteiger partial charge >= 0.3 is 0 Å². The van der Waals surface area contributed by atoms with Crippen LogP contribution >= 0.6 is 0 Å². The summed E-state index contributed by atoms with van der Waals surface area (Å²) in [6.07, 6.45) is 12.9. The molecule has 0 aliphatic rings. The Bertz CT molecular complexity index is 148. The van der Waals surface area contributed by atoms with Crippen molar-refractivity contribution >= 4 is 0 Å². The molecule has 0 heterocycles. The molecule has 0 aromatic heterocycles. The van der Waals surface area contributed by atoms with Crippen molar-refractivity contribution < 1.29 is 0 Å². The number of hydrogen-bond acceptors (Lipinski definition) is 0. The van der Waals surface area contributed by atoms with Crippen molar-refractivity contribution in [2.75, 3.05) is 0 Å². The van der Waals surface area contributed by atoms with Crippen LogP contribution in [0.15, 0.2) is 0 Å². The van der Waals surface area contributed by atoms with Gasteiger partial charge in [-0.25, -0.2) is 0 Å². The van der Waals surface area contributed by atoms with Crippen LogP contribution in [0.1, 0.15) is 92.4 Å². The van der Waals surface area contributed by atoms with Crippen LogP contribution in [0.2, 0.25) is 0 Å². The molecule has 0 nitrogen and oxygen atoms in total. The van der Waals surface area contributed by atoms with Crippen LogP contribution in [-0.2, 0) is 0 Å². The van der Waals surface area contributed by atoms with Gasteiger partial charge in [0.05, 0.1) is 0 Å². The lowest BCUT2D eigenvalue weighted by Gasteiger charge is -2.17. The van der Waals surface area contributed by atoms with Crippen molar-refractivity contribution in [1.82, 2.24) is 0 Å². The fraction of sp³-hybridized carbons (Fsp3) is 1.00. The zero-order chi connectivity index (χ0) is 13.1. The highest BCUT2D eigenvalue weighted by Crippen LogP contribution is 2.23. The predicted octanol–water partition coefficient (Wildman–Crippen LogP) is 6.45. The second kappa shape index (κ2) is 11.1. The Morgan fingerprint density at radius 1 is 0.706 bits per heavy atom. The van der Waals surface area contributed by atoms with Crippen LogP contribution in [-0.4, -0.2) is 0 Å². The quantitative estimate of drug-likeness (QED) is 0.389. The molecule has 0 rings (SSSR count). The van der Waals surface area contributed by atoms with Crippen LogP contribution in [0.25, 0.3) is 0 Å². The zero-order valence-electron chi connectivity index (χ0n) is 13.1. The van der Waals surface area contributed by atoms with E-state index in [4.69, 9.17) is 0 Å². The Morgan fingerprint density at radius 2 is 1.29 bits per heavy atom. The Labute approximate surface area is 111 Å². The van der Waals surface area contributed by atoms with Crippen molar-refractivity contribution in [1.29, 1.82) is 0 Å². The second-order valence-electron chi connectivity index (χ2n) is 6.42. The fourth-order valence-electron chi connectivity index (χ4n) is 2.76. The summed E-state index contributed by atoms with van der Waals surface area (Å²) in [6, 6.07) is 0. The van der Waals surface area contributed by atoms with E-state index >= 15 is 0 Å². The van der Waals surface area contributed by atoms with E-state index in [9.17, 15) is 0 Å². The molecule has 0 saturated heterocycles. The molecule has 0 N–H and O–H groups in total. The summed E-state index contributed by atoms with van der Waals surface area (Å²) < 4.78 is 0. The summed E-state index contributed by atoms with van der Waals surface area (Å²) in [5, 5.41) is 0. The van der Waals surface area contributed by atoms with E-state index in [1.165, 1.54) is 57.8 Å². The predicted molar refractivity (Wildman–Crippen MR) is 80.4 cm³/mol. The summed E-state index contributed by atoms with van der Waals surface area (Å²) in [5.74, 6) is 2.84. The van der Waals surface area contributed by atoms with Gasteiger partial charge in [-0.15, -0.1) is 0 Å². The maximum absolute atomic E-state index is 2.42. The summed E-state index contributed by atoms with van der Waals surface area (Å²) >= 11 is 0. The SMILES string of the molecule is CCCC(C)CCCC(CC)CCCC(C)C. The van der Waals surface area contributed by atoms with Gasteiger partial charge in [0.25, 0.3) is 0 Å². The van der Waals surface area contributed by atoms with E-state index in [0.717, 1.165) is 17.8 Å². The summed E-state index contributed by atoms with van der Waals surface area (Å²) in [4.78, 5) is 0. The Hall–Kier alpha value is 0. The zero-order valence-corrected chi connectivity index (χ0v) is 13.1. The molecule has 0 aromatic rings. The molecule has 0 saturated carbocycles. The first-order valence-corrected chi connectivity index (χ1v) is 8.10. The fourth-order valence-corrected chi connectivity index (χ4v) is 2.76. The normalized spacial score (nSPS) is 15.2. The average molecular weight is 240 g/mol. The Morgan fingerprint density at radius 3 is 1.76 bits per heavy atom. The molecule has 0 fully saturated rings. The highest BCUT2D eigenvalue weighted by Gasteiger charge is 2.08. The van der Waals surface area contributed by atoms with Gasteiger partial charge in [0.15, 0.2) is 0 Å². The van der Waals surface area contributed by atoms with Gasteiger partial charge in [-0.3, -0.25) is 0 Å². The van der Waals surface area contributed by atoms with Crippen molar-refractivity contribution in [2.45, 2.75) is 92.4 Å². The second-order valence-corrected chi connectivity index (χ2v) is 6.42. The molecule has 0 aliphatic heterocycles. The first-order chi connectivity index (χ1) is 8.10. The third-order valence-electron chi connectivity index (χ3n) is 4.06. The molecular weight excluding hydrogens is 204 g/mol. The van der Waals surface area contributed by atoms with Crippen LogP contribution < -0.4 is 0 Å². The van der Waals surface area contributed by atoms with Gasteiger partial charge in [0, 0.05) is 0 Å². The van der Waals surface area contributed by atoms with E-state index in [2.05, 4.69) is 34.6 Å². The smallest absolute Gasteiger partial charge is 0.0417 e. The van der Waals surface area contributed by atoms with Gasteiger partial charge in [0.2, 0.25) is 0 Å². The van der Waals surface area contributed by atoms with Gasteiger partial charge in [-0.05, 0) is 17.8 Å². The van der Waals surface area contributed by atoms with Crippen molar-refractivity contribution in [3.05, 3.63) is 0 Å². The first-order valence-electron chi connectivity index (χ1n) is 8.10. The van der Waals surface area contributed by atoms with Crippen molar-refractivity contribution in [3.63, 3.8) is 0 Å². The minimum absolute atomic E-state index is 0.886. The van der Waals surface area contributed by atoms with Crippen molar-refractivity contribution in [2.24, 2.45) is 17.8 Å².